The molecule has 94 valence electrons. The van der Waals surface area contributed by atoms with Crippen molar-refractivity contribution >= 4 is 5.82 Å². The quantitative estimate of drug-likeness (QED) is 0.727. The van der Waals surface area contributed by atoms with Gasteiger partial charge in [-0.2, -0.15) is 4.98 Å². The maximum Gasteiger partial charge on any atom is 0.351 e. The van der Waals surface area contributed by atoms with Crippen molar-refractivity contribution in [2.24, 2.45) is 0 Å². The van der Waals surface area contributed by atoms with E-state index in [0.717, 1.165) is 4.57 Å². The number of anilines is 1. The van der Waals surface area contributed by atoms with Gasteiger partial charge in [0.25, 0.3) is 0 Å². The molecule has 0 amide bonds. The topological polar surface area (TPSA) is 90.4 Å². The number of rotatable bonds is 2. The summed E-state index contributed by atoms with van der Waals surface area (Å²) in [5.41, 5.74) is 4.44. The van der Waals surface area contributed by atoms with E-state index in [9.17, 15) is 13.6 Å². The van der Waals surface area contributed by atoms with E-state index in [1.807, 2.05) is 0 Å². The zero-order chi connectivity index (χ0) is 12.6. The number of aromatic nitrogens is 2. The standard InChI is InChI=1S/C9H11F2N3O3/c10-6-4(3-15)17-8(7(6)11)14-2-1-5(12)13-9(14)16/h1-2,4,6-8,15H,3H2,(H2,12,13,16)/t4-,6?,7?,8-/m1/s1. The van der Waals surface area contributed by atoms with Crippen LogP contribution in [0.15, 0.2) is 17.1 Å². The molecule has 2 heterocycles. The molecule has 4 atom stereocenters. The number of ether oxygens (including phenoxy) is 1. The van der Waals surface area contributed by atoms with E-state index in [1.54, 1.807) is 0 Å². The fourth-order valence-electron chi connectivity index (χ4n) is 1.67. The molecule has 0 spiro atoms. The number of nitrogens with zero attached hydrogens (tertiary/aromatic N) is 2. The highest BCUT2D eigenvalue weighted by atomic mass is 19.2. The van der Waals surface area contributed by atoms with Gasteiger partial charge in [0.2, 0.25) is 0 Å². The van der Waals surface area contributed by atoms with E-state index >= 15 is 0 Å². The molecule has 1 aliphatic rings. The largest absolute Gasteiger partial charge is 0.394 e. The molecule has 8 heteroatoms. The molecule has 3 N–H and O–H groups in total. The summed E-state index contributed by atoms with van der Waals surface area (Å²) in [7, 11) is 0. The molecule has 0 radical (unpaired) electrons. The first-order valence-corrected chi connectivity index (χ1v) is 4.93. The fourth-order valence-corrected chi connectivity index (χ4v) is 1.67. The number of aliphatic hydroxyl groups is 1. The summed E-state index contributed by atoms with van der Waals surface area (Å²) in [6.07, 6.45) is -5.54. The first-order chi connectivity index (χ1) is 8.04. The highest BCUT2D eigenvalue weighted by Gasteiger charge is 2.46. The number of hydrogen-bond donors (Lipinski definition) is 2. The van der Waals surface area contributed by atoms with E-state index in [4.69, 9.17) is 15.6 Å². The number of halogens is 2. The molecule has 2 unspecified atom stereocenters. The van der Waals surface area contributed by atoms with Crippen molar-refractivity contribution in [1.29, 1.82) is 0 Å². The predicted molar refractivity (Wildman–Crippen MR) is 53.7 cm³/mol. The van der Waals surface area contributed by atoms with E-state index in [-0.39, 0.29) is 5.82 Å². The summed E-state index contributed by atoms with van der Waals surface area (Å²) in [6.45, 7) is -0.658. The summed E-state index contributed by atoms with van der Waals surface area (Å²) in [4.78, 5) is 14.8. The monoisotopic (exact) mass is 247 g/mol. The van der Waals surface area contributed by atoms with E-state index < -0.39 is 37.0 Å². The Morgan fingerprint density at radius 3 is 2.76 bits per heavy atom. The van der Waals surface area contributed by atoms with Crippen molar-refractivity contribution in [3.05, 3.63) is 22.7 Å². The Balaban J connectivity index is 2.32. The maximum absolute atomic E-state index is 13.6. The smallest absolute Gasteiger partial charge is 0.351 e. The molecule has 0 saturated carbocycles. The van der Waals surface area contributed by atoms with Crippen molar-refractivity contribution in [2.75, 3.05) is 12.3 Å². The highest BCUT2D eigenvalue weighted by molar-refractivity contribution is 5.23. The lowest BCUT2D eigenvalue weighted by atomic mass is 10.2. The van der Waals surface area contributed by atoms with Gasteiger partial charge in [0.05, 0.1) is 6.61 Å². The third-order valence-electron chi connectivity index (χ3n) is 2.55. The highest BCUT2D eigenvalue weighted by Crippen LogP contribution is 2.32. The number of aliphatic hydroxyl groups excluding tert-OH is 1. The molecule has 1 aromatic rings. The van der Waals surface area contributed by atoms with Crippen LogP contribution in [0.1, 0.15) is 6.23 Å². The average Bonchev–Trinajstić information content (AvgIpc) is 2.57. The number of alkyl halides is 2. The number of nitrogen functional groups attached to an aromatic ring is 1. The Morgan fingerprint density at radius 1 is 1.53 bits per heavy atom. The van der Waals surface area contributed by atoms with Crippen LogP contribution >= 0.6 is 0 Å². The van der Waals surface area contributed by atoms with Crippen LogP contribution in [0, 0.1) is 0 Å². The lowest BCUT2D eigenvalue weighted by molar-refractivity contribution is -0.0436. The van der Waals surface area contributed by atoms with Crippen LogP contribution in [0.3, 0.4) is 0 Å². The third-order valence-corrected chi connectivity index (χ3v) is 2.55. The fraction of sp³-hybridized carbons (Fsp3) is 0.556. The molecular weight excluding hydrogens is 236 g/mol. The lowest BCUT2D eigenvalue weighted by Gasteiger charge is -2.15. The Labute approximate surface area is 94.6 Å². The van der Waals surface area contributed by atoms with Gasteiger partial charge in [-0.15, -0.1) is 0 Å². The molecule has 17 heavy (non-hydrogen) atoms. The Morgan fingerprint density at radius 2 is 2.24 bits per heavy atom. The zero-order valence-corrected chi connectivity index (χ0v) is 8.66. The van der Waals surface area contributed by atoms with Crippen molar-refractivity contribution < 1.29 is 18.6 Å². The van der Waals surface area contributed by atoms with Crippen LogP contribution in [0.2, 0.25) is 0 Å². The Kier molecular flexibility index (Phi) is 3.07. The van der Waals surface area contributed by atoms with Gasteiger partial charge in [-0.1, -0.05) is 0 Å². The molecule has 6 nitrogen and oxygen atoms in total. The summed E-state index contributed by atoms with van der Waals surface area (Å²) in [5, 5.41) is 8.78. The molecule has 1 aliphatic heterocycles. The molecule has 1 saturated heterocycles. The van der Waals surface area contributed by atoms with Gasteiger partial charge in [0.15, 0.2) is 18.6 Å². The zero-order valence-electron chi connectivity index (χ0n) is 8.66. The minimum Gasteiger partial charge on any atom is -0.394 e. The molecule has 0 aromatic carbocycles. The maximum atomic E-state index is 13.6. The van der Waals surface area contributed by atoms with E-state index in [1.165, 1.54) is 12.3 Å². The molecular formula is C9H11F2N3O3. The molecule has 1 aromatic heterocycles. The number of nitrogens with two attached hydrogens (primary N) is 1. The first kappa shape index (κ1) is 11.9. The van der Waals surface area contributed by atoms with Crippen molar-refractivity contribution in [3.63, 3.8) is 0 Å². The second-order valence-corrected chi connectivity index (χ2v) is 3.68. The second kappa shape index (κ2) is 4.38. The molecule has 0 bridgehead atoms. The van der Waals surface area contributed by atoms with Gasteiger partial charge in [-0.3, -0.25) is 4.57 Å². The predicted octanol–water partition coefficient (Wildman–Crippen LogP) is -0.609. The Hall–Kier alpha value is -1.54. The van der Waals surface area contributed by atoms with Gasteiger partial charge >= 0.3 is 5.69 Å². The lowest BCUT2D eigenvalue weighted by Crippen LogP contribution is -2.32. The average molecular weight is 247 g/mol. The SMILES string of the molecule is Nc1ccn([C@@H]2O[C@H](CO)C(F)C2F)c(=O)n1. The van der Waals surface area contributed by atoms with E-state index in [2.05, 4.69) is 4.98 Å². The molecule has 2 rings (SSSR count). The van der Waals surface area contributed by atoms with Gasteiger partial charge < -0.3 is 15.6 Å². The van der Waals surface area contributed by atoms with Gasteiger partial charge in [-0.25, -0.2) is 13.6 Å². The molecule has 0 aliphatic carbocycles. The third kappa shape index (κ3) is 2.01. The van der Waals surface area contributed by atoms with Crippen LogP contribution in [0.5, 0.6) is 0 Å². The van der Waals surface area contributed by atoms with Crippen LogP contribution in [0.25, 0.3) is 0 Å². The van der Waals surface area contributed by atoms with Gasteiger partial charge in [-0.05, 0) is 6.07 Å². The minimum atomic E-state index is -2.03. The van der Waals surface area contributed by atoms with Gasteiger partial charge in [0.1, 0.15) is 11.9 Å². The van der Waals surface area contributed by atoms with Crippen molar-refractivity contribution in [1.82, 2.24) is 9.55 Å². The van der Waals surface area contributed by atoms with Crippen LogP contribution in [-0.4, -0.2) is 39.7 Å². The normalized spacial score (nSPS) is 32.9. The van der Waals surface area contributed by atoms with Crippen LogP contribution in [0.4, 0.5) is 14.6 Å². The molecule has 1 fully saturated rings. The van der Waals surface area contributed by atoms with Crippen molar-refractivity contribution in [2.45, 2.75) is 24.7 Å². The second-order valence-electron chi connectivity index (χ2n) is 3.68. The van der Waals surface area contributed by atoms with Crippen molar-refractivity contribution in [3.8, 4) is 0 Å². The van der Waals surface area contributed by atoms with Gasteiger partial charge in [0, 0.05) is 6.20 Å². The first-order valence-electron chi connectivity index (χ1n) is 4.93. The summed E-state index contributed by atoms with van der Waals surface area (Å²) < 4.78 is 32.6. The number of hydrogen-bond acceptors (Lipinski definition) is 5. The van der Waals surface area contributed by atoms with Crippen LogP contribution in [-0.2, 0) is 4.74 Å². The summed E-state index contributed by atoms with van der Waals surface area (Å²) >= 11 is 0. The van der Waals surface area contributed by atoms with Crippen LogP contribution < -0.4 is 11.4 Å². The summed E-state index contributed by atoms with van der Waals surface area (Å²) in [6, 6.07) is 1.27. The Bertz CT molecular complexity index is 467. The van der Waals surface area contributed by atoms with E-state index in [0.29, 0.717) is 0 Å². The summed E-state index contributed by atoms with van der Waals surface area (Å²) in [5.74, 6) is -0.0184. The minimum absolute atomic E-state index is 0.0184.